The van der Waals surface area contributed by atoms with Crippen molar-refractivity contribution >= 4 is 185 Å². The highest BCUT2D eigenvalue weighted by atomic mass is 32.1. The van der Waals surface area contributed by atoms with Crippen LogP contribution in [0.4, 0.5) is 0 Å². The molecule has 0 radical (unpaired) electrons. The highest BCUT2D eigenvalue weighted by Crippen LogP contribution is 2.48. The van der Waals surface area contributed by atoms with Crippen LogP contribution in [0.15, 0.2) is 332 Å². The topological polar surface area (TPSA) is 112 Å². The molecule has 106 heavy (non-hydrogen) atoms. The van der Waals surface area contributed by atoms with Crippen molar-refractivity contribution in [1.82, 2.24) is 33.2 Å². The van der Waals surface area contributed by atoms with Gasteiger partial charge in [0.15, 0.2) is 17.5 Å². The van der Waals surface area contributed by atoms with Gasteiger partial charge in [0.1, 0.15) is 11.2 Å². The summed E-state index contributed by atoms with van der Waals surface area (Å²) < 4.78 is 20.3. The number of hydrogen-bond acceptors (Lipinski definition) is 8. The van der Waals surface area contributed by atoms with Crippen LogP contribution in [0.2, 0.25) is 0 Å². The predicted molar refractivity (Wildman–Crippen MR) is 443 cm³/mol. The summed E-state index contributed by atoms with van der Waals surface area (Å²) in [7, 11) is -1.61. The fraction of sp³-hybridized carbons (Fsp3) is 0. The second kappa shape index (κ2) is 23.6. The molecular formula is C93H56BN7O3S2. The van der Waals surface area contributed by atoms with E-state index in [0.717, 1.165) is 125 Å². The second-order valence-electron chi connectivity index (χ2n) is 27.1. The Kier molecular flexibility index (Phi) is 13.5. The summed E-state index contributed by atoms with van der Waals surface area (Å²) in [6, 6.07) is 115. The Morgan fingerprint density at radius 3 is 1.08 bits per heavy atom. The van der Waals surface area contributed by atoms with Gasteiger partial charge in [-0.2, -0.15) is 0 Å². The molecule has 0 saturated carbocycles. The fourth-order valence-electron chi connectivity index (χ4n) is 16.8. The van der Waals surface area contributed by atoms with Gasteiger partial charge < -0.3 is 32.7 Å². The van der Waals surface area contributed by atoms with Crippen LogP contribution in [-0.2, 0) is 0 Å². The van der Waals surface area contributed by atoms with Crippen LogP contribution in [0.1, 0.15) is 0 Å². The Bertz CT molecular complexity index is 7390. The Balaban J connectivity index is 0.000000144. The molecule has 0 atom stereocenters. The largest absolute Gasteiger partial charge is 0.489 e. The van der Waals surface area contributed by atoms with E-state index >= 15 is 0 Å². The van der Waals surface area contributed by atoms with Crippen LogP contribution in [0, 0.1) is 0 Å². The molecule has 496 valence electrons. The Morgan fingerprint density at radius 1 is 0.264 bits per heavy atom. The van der Waals surface area contributed by atoms with Crippen molar-refractivity contribution in [1.29, 1.82) is 0 Å². The summed E-state index contributed by atoms with van der Waals surface area (Å²) in [6.45, 7) is 0. The van der Waals surface area contributed by atoms with Crippen molar-refractivity contribution < 1.29 is 14.5 Å². The molecule has 13 heteroatoms. The molecule has 8 heterocycles. The molecule has 2 N–H and O–H groups in total. The zero-order chi connectivity index (χ0) is 69.8. The molecule has 0 spiro atoms. The molecule has 0 bridgehead atoms. The van der Waals surface area contributed by atoms with Crippen LogP contribution in [0.25, 0.3) is 206 Å². The van der Waals surface area contributed by atoms with E-state index in [1.54, 1.807) is 22.7 Å². The maximum atomic E-state index is 10.7. The summed E-state index contributed by atoms with van der Waals surface area (Å²) in [5, 5.41) is 37.5. The van der Waals surface area contributed by atoms with Gasteiger partial charge in [-0.25, -0.2) is 15.0 Å². The standard InChI is InChI=1S/C57H33N5OS.C36H23BN2O2S/c1-2-16-34(17-3-1)55-58-56(43-25-14-23-41-40-22-8-13-31-51(40)63-52(41)43)60-57(59-55)45-33-35(61-46-26-9-4-18-36(46)37-19-5-10-27-47(37)61)32-44-42-24-15-30-50(54(42)64-53(44)45)62-48-28-11-6-20-38(48)39-21-7-12-29-49(39)62;40-37(41)29-21-22(38-30-15-5-1-10-23(30)24-11-2-6-16-31(24)38)20-28-27-14-9-19-34(36(27)42-35(28)29)39-32-17-7-3-12-25(32)26-13-4-8-18-33(26)39/h1-33H;1-21,40-41H. The first kappa shape index (κ1) is 60.3. The van der Waals surface area contributed by atoms with Gasteiger partial charge in [-0.3, -0.25) is 0 Å². The number of benzene rings is 15. The Labute approximate surface area is 612 Å². The Morgan fingerprint density at radius 2 is 0.613 bits per heavy atom. The number of thiophene rings is 2. The molecule has 0 fully saturated rings. The molecule has 0 aliphatic rings. The van der Waals surface area contributed by atoms with Crippen LogP contribution in [0.3, 0.4) is 0 Å². The normalized spacial score (nSPS) is 12.1. The van der Waals surface area contributed by atoms with Crippen LogP contribution >= 0.6 is 22.7 Å². The molecule has 0 saturated heterocycles. The Hall–Kier alpha value is -13.3. The lowest BCUT2D eigenvalue weighted by Gasteiger charge is -2.13. The summed E-state index contributed by atoms with van der Waals surface area (Å²) in [4.78, 5) is 16.0. The summed E-state index contributed by atoms with van der Waals surface area (Å²) >= 11 is 3.42. The van der Waals surface area contributed by atoms with E-state index in [1.807, 2.05) is 42.5 Å². The van der Waals surface area contributed by atoms with Gasteiger partial charge in [0.05, 0.1) is 70.5 Å². The smallest absolute Gasteiger partial charge is 0.455 e. The van der Waals surface area contributed by atoms with E-state index in [0.29, 0.717) is 22.9 Å². The minimum atomic E-state index is -1.61. The van der Waals surface area contributed by atoms with Crippen molar-refractivity contribution in [3.05, 3.63) is 328 Å². The number of nitrogens with zero attached hydrogens (tertiary/aromatic N) is 7. The van der Waals surface area contributed by atoms with Gasteiger partial charge in [0, 0.05) is 113 Å². The van der Waals surface area contributed by atoms with Crippen LogP contribution in [-0.4, -0.2) is 50.4 Å². The lowest BCUT2D eigenvalue weighted by molar-refractivity contribution is 0.426. The third-order valence-corrected chi connectivity index (χ3v) is 23.9. The van der Waals surface area contributed by atoms with Crippen molar-refractivity contribution in [2.45, 2.75) is 0 Å². The van der Waals surface area contributed by atoms with E-state index in [1.165, 1.54) is 64.2 Å². The SMILES string of the molecule is OB(O)c1cc(-n2c3ccccc3c3ccccc32)cc2c1sc1c(-n3c4ccccc4c4ccccc43)cccc12.c1ccc(-c2nc(-c3cccc4c3oc3ccccc34)nc(-c3cc(-n4c5ccccc5c5ccccc54)cc4c3sc3c(-n5c6ccccc6c6ccccc65)cccc34)n2)cc1. The second-order valence-corrected chi connectivity index (χ2v) is 29.1. The minimum Gasteiger partial charge on any atom is -0.455 e. The zero-order valence-electron chi connectivity index (χ0n) is 56.5. The van der Waals surface area contributed by atoms with Gasteiger partial charge in [-0.1, -0.05) is 231 Å². The number of para-hydroxylation sites is 10. The van der Waals surface area contributed by atoms with Crippen molar-refractivity contribution in [3.63, 3.8) is 0 Å². The van der Waals surface area contributed by atoms with Crippen LogP contribution < -0.4 is 5.46 Å². The van der Waals surface area contributed by atoms with Gasteiger partial charge >= 0.3 is 7.12 Å². The molecule has 0 amide bonds. The van der Waals surface area contributed by atoms with Crippen molar-refractivity contribution in [3.8, 4) is 56.9 Å². The summed E-state index contributed by atoms with van der Waals surface area (Å²) in [6.07, 6.45) is 0. The minimum absolute atomic E-state index is 0.513. The molecule has 0 aliphatic carbocycles. The highest BCUT2D eigenvalue weighted by molar-refractivity contribution is 7.27. The number of fused-ring (bicyclic) bond motifs is 21. The van der Waals surface area contributed by atoms with E-state index in [9.17, 15) is 10.0 Å². The maximum Gasteiger partial charge on any atom is 0.489 e. The number of rotatable bonds is 8. The first-order chi connectivity index (χ1) is 52.4. The molecular weight excluding hydrogens is 1340 g/mol. The monoisotopic (exact) mass is 1390 g/mol. The third-order valence-electron chi connectivity index (χ3n) is 21.3. The molecule has 0 aliphatic heterocycles. The maximum absolute atomic E-state index is 10.7. The van der Waals surface area contributed by atoms with Gasteiger partial charge in [0.2, 0.25) is 0 Å². The highest BCUT2D eigenvalue weighted by Gasteiger charge is 2.27. The van der Waals surface area contributed by atoms with Crippen molar-refractivity contribution in [2.24, 2.45) is 0 Å². The molecule has 0 unspecified atom stereocenters. The van der Waals surface area contributed by atoms with Gasteiger partial charge in [-0.15, -0.1) is 22.7 Å². The van der Waals surface area contributed by atoms with Crippen LogP contribution in [0.5, 0.6) is 0 Å². The number of aromatic nitrogens is 7. The number of furan rings is 1. The molecule has 23 rings (SSSR count). The lowest BCUT2D eigenvalue weighted by Crippen LogP contribution is -2.30. The number of hydrogen-bond donors (Lipinski definition) is 2. The van der Waals surface area contributed by atoms with E-state index in [2.05, 4.69) is 303 Å². The summed E-state index contributed by atoms with van der Waals surface area (Å²) in [5.74, 6) is 1.74. The van der Waals surface area contributed by atoms with E-state index < -0.39 is 7.12 Å². The fourth-order valence-corrected chi connectivity index (χ4v) is 19.4. The average molecular weight is 1390 g/mol. The predicted octanol–water partition coefficient (Wildman–Crippen LogP) is 23.3. The first-order valence-electron chi connectivity index (χ1n) is 35.5. The first-order valence-corrected chi connectivity index (χ1v) is 37.1. The average Bonchev–Trinajstić information content (AvgIpc) is 1.55. The third kappa shape index (κ3) is 9.08. The van der Waals surface area contributed by atoms with Gasteiger partial charge in [0.25, 0.3) is 0 Å². The molecule has 8 aromatic heterocycles. The molecule has 10 nitrogen and oxygen atoms in total. The van der Waals surface area contributed by atoms with E-state index in [4.69, 9.17) is 19.4 Å². The quantitative estimate of drug-likeness (QED) is 0.147. The van der Waals surface area contributed by atoms with Gasteiger partial charge in [-0.05, 0) is 97.1 Å². The zero-order valence-corrected chi connectivity index (χ0v) is 58.1. The van der Waals surface area contributed by atoms with Crippen molar-refractivity contribution in [2.75, 3.05) is 0 Å². The van der Waals surface area contributed by atoms with E-state index in [-0.39, 0.29) is 0 Å². The molecule has 23 aromatic rings. The molecule has 15 aromatic carbocycles. The summed E-state index contributed by atoms with van der Waals surface area (Å²) in [5.41, 5.74) is 18.0. The lowest BCUT2D eigenvalue weighted by atomic mass is 9.79.